The third-order valence-corrected chi connectivity index (χ3v) is 4.43. The number of hydrogen-bond donors (Lipinski definition) is 2. The summed E-state index contributed by atoms with van der Waals surface area (Å²) < 4.78 is 10.3. The molecule has 0 fully saturated rings. The topological polar surface area (TPSA) is 67.8 Å². The zero-order chi connectivity index (χ0) is 18.9. The molecule has 0 amide bonds. The van der Waals surface area contributed by atoms with Crippen LogP contribution in [0.15, 0.2) is 48.5 Å². The van der Waals surface area contributed by atoms with Crippen molar-refractivity contribution in [3.05, 3.63) is 59.7 Å². The van der Waals surface area contributed by atoms with Crippen molar-refractivity contribution in [3.8, 4) is 11.5 Å². The van der Waals surface area contributed by atoms with E-state index in [0.717, 1.165) is 17.7 Å². The summed E-state index contributed by atoms with van der Waals surface area (Å²) in [5.41, 5.74) is 1.46. The number of Topliss-reactive ketones (excluding diaryl/α,β-unsaturated/α-hetero) is 1. The number of benzene rings is 2. The molecule has 0 radical (unpaired) electrons. The standard InChI is InChI=1S/C21H27NO4/c1-4-19(21(24)15-8-10-17(25-2)11-9-15)22-13-12-20(23)16-6-5-7-18(14-16)26-3/h5-11,14,19,21-22,24H,4,12-13H2,1-3H3. The normalized spacial score (nSPS) is 13.1. The van der Waals surface area contributed by atoms with Gasteiger partial charge in [0.2, 0.25) is 0 Å². The lowest BCUT2D eigenvalue weighted by atomic mass is 9.99. The first kappa shape index (κ1) is 19.9. The van der Waals surface area contributed by atoms with Crippen LogP contribution in [0.5, 0.6) is 11.5 Å². The second-order valence-electron chi connectivity index (χ2n) is 6.09. The van der Waals surface area contributed by atoms with Crippen molar-refractivity contribution >= 4 is 5.78 Å². The molecule has 0 saturated heterocycles. The fraction of sp³-hybridized carbons (Fsp3) is 0.381. The van der Waals surface area contributed by atoms with Crippen LogP contribution in [0.2, 0.25) is 0 Å². The Morgan fingerprint density at radius 3 is 2.38 bits per heavy atom. The number of carbonyl (C=O) groups is 1. The lowest BCUT2D eigenvalue weighted by Crippen LogP contribution is -2.35. The van der Waals surface area contributed by atoms with Gasteiger partial charge in [-0.1, -0.05) is 31.2 Å². The number of aliphatic hydroxyl groups is 1. The molecular weight excluding hydrogens is 330 g/mol. The van der Waals surface area contributed by atoms with E-state index in [1.165, 1.54) is 0 Å². The maximum absolute atomic E-state index is 12.3. The highest BCUT2D eigenvalue weighted by atomic mass is 16.5. The third kappa shape index (κ3) is 5.31. The number of rotatable bonds is 10. The maximum atomic E-state index is 12.3. The average molecular weight is 357 g/mol. The zero-order valence-electron chi connectivity index (χ0n) is 15.6. The zero-order valence-corrected chi connectivity index (χ0v) is 15.6. The Morgan fingerprint density at radius 1 is 1.08 bits per heavy atom. The summed E-state index contributed by atoms with van der Waals surface area (Å²) in [6, 6.07) is 14.4. The minimum absolute atomic E-state index is 0.0465. The molecule has 0 aliphatic rings. The lowest BCUT2D eigenvalue weighted by Gasteiger charge is -2.23. The molecule has 26 heavy (non-hydrogen) atoms. The maximum Gasteiger partial charge on any atom is 0.164 e. The van der Waals surface area contributed by atoms with Gasteiger partial charge in [-0.05, 0) is 36.2 Å². The number of nitrogens with one attached hydrogen (secondary N) is 1. The van der Waals surface area contributed by atoms with Gasteiger partial charge in [0.05, 0.1) is 20.3 Å². The van der Waals surface area contributed by atoms with Crippen molar-refractivity contribution in [2.45, 2.75) is 31.9 Å². The van der Waals surface area contributed by atoms with Crippen molar-refractivity contribution < 1.29 is 19.4 Å². The van der Waals surface area contributed by atoms with Crippen molar-refractivity contribution in [3.63, 3.8) is 0 Å². The number of carbonyl (C=O) groups excluding carboxylic acids is 1. The van der Waals surface area contributed by atoms with Crippen LogP contribution in [-0.4, -0.2) is 37.7 Å². The summed E-state index contributed by atoms with van der Waals surface area (Å²) in [6.07, 6.45) is 0.470. The minimum Gasteiger partial charge on any atom is -0.497 e. The van der Waals surface area contributed by atoms with Crippen LogP contribution in [0.4, 0.5) is 0 Å². The number of hydrogen-bond acceptors (Lipinski definition) is 5. The highest BCUT2D eigenvalue weighted by molar-refractivity contribution is 5.96. The Kier molecular flexibility index (Phi) is 7.63. The second-order valence-corrected chi connectivity index (χ2v) is 6.09. The molecule has 0 heterocycles. The Hall–Kier alpha value is -2.37. The summed E-state index contributed by atoms with van der Waals surface area (Å²) in [5.74, 6) is 1.47. The number of aliphatic hydroxyl groups excluding tert-OH is 1. The molecule has 5 heteroatoms. The van der Waals surface area contributed by atoms with E-state index in [9.17, 15) is 9.90 Å². The third-order valence-electron chi connectivity index (χ3n) is 4.43. The monoisotopic (exact) mass is 357 g/mol. The molecule has 2 N–H and O–H groups in total. The first-order valence-corrected chi connectivity index (χ1v) is 8.81. The van der Waals surface area contributed by atoms with Crippen LogP contribution in [-0.2, 0) is 0 Å². The van der Waals surface area contributed by atoms with Crippen LogP contribution >= 0.6 is 0 Å². The molecular formula is C21H27NO4. The molecule has 140 valence electrons. The quantitative estimate of drug-likeness (QED) is 0.638. The molecule has 2 unspecified atom stereocenters. The summed E-state index contributed by atoms with van der Waals surface area (Å²) in [5, 5.41) is 13.9. The van der Waals surface area contributed by atoms with Gasteiger partial charge in [-0.2, -0.15) is 0 Å². The highest BCUT2D eigenvalue weighted by Crippen LogP contribution is 2.22. The molecule has 0 aliphatic carbocycles. The van der Waals surface area contributed by atoms with Gasteiger partial charge in [0.15, 0.2) is 5.78 Å². The fourth-order valence-corrected chi connectivity index (χ4v) is 2.82. The molecule has 0 saturated carbocycles. The Labute approximate surface area is 155 Å². The number of ether oxygens (including phenoxy) is 2. The molecule has 2 rings (SSSR count). The van der Waals surface area contributed by atoms with Crippen molar-refractivity contribution in [1.29, 1.82) is 0 Å². The van der Waals surface area contributed by atoms with Gasteiger partial charge in [0, 0.05) is 24.6 Å². The predicted octanol–water partition coefficient (Wildman–Crippen LogP) is 3.38. The molecule has 0 bridgehead atoms. The van der Waals surface area contributed by atoms with E-state index in [1.807, 2.05) is 43.3 Å². The molecule has 2 aromatic rings. The van der Waals surface area contributed by atoms with Crippen LogP contribution in [0.3, 0.4) is 0 Å². The van der Waals surface area contributed by atoms with Gasteiger partial charge < -0.3 is 19.9 Å². The molecule has 5 nitrogen and oxygen atoms in total. The first-order chi connectivity index (χ1) is 12.6. The van der Waals surface area contributed by atoms with Gasteiger partial charge >= 0.3 is 0 Å². The van der Waals surface area contributed by atoms with Crippen LogP contribution in [0, 0.1) is 0 Å². The second kappa shape index (κ2) is 9.94. The van der Waals surface area contributed by atoms with Gasteiger partial charge in [-0.3, -0.25) is 4.79 Å². The fourth-order valence-electron chi connectivity index (χ4n) is 2.82. The average Bonchev–Trinajstić information content (AvgIpc) is 2.70. The van der Waals surface area contributed by atoms with Gasteiger partial charge in [0.1, 0.15) is 11.5 Å². The SMILES string of the molecule is CCC(NCCC(=O)c1cccc(OC)c1)C(O)c1ccc(OC)cc1. The van der Waals surface area contributed by atoms with Crippen molar-refractivity contribution in [2.24, 2.45) is 0 Å². The molecule has 0 spiro atoms. The number of ketones is 1. The summed E-state index contributed by atoms with van der Waals surface area (Å²) in [6.45, 7) is 2.51. The van der Waals surface area contributed by atoms with Crippen molar-refractivity contribution in [1.82, 2.24) is 5.32 Å². The van der Waals surface area contributed by atoms with E-state index in [1.54, 1.807) is 26.4 Å². The largest absolute Gasteiger partial charge is 0.497 e. The Balaban J connectivity index is 1.89. The van der Waals surface area contributed by atoms with Crippen LogP contribution in [0.25, 0.3) is 0 Å². The van der Waals surface area contributed by atoms with Gasteiger partial charge in [0.25, 0.3) is 0 Å². The highest BCUT2D eigenvalue weighted by Gasteiger charge is 2.19. The Bertz CT molecular complexity index is 699. The van der Waals surface area contributed by atoms with Gasteiger partial charge in [-0.25, -0.2) is 0 Å². The summed E-state index contributed by atoms with van der Waals surface area (Å²) in [7, 11) is 3.19. The predicted molar refractivity (Wildman–Crippen MR) is 102 cm³/mol. The van der Waals surface area contributed by atoms with Gasteiger partial charge in [-0.15, -0.1) is 0 Å². The molecule has 2 aromatic carbocycles. The van der Waals surface area contributed by atoms with Crippen LogP contribution in [0.1, 0.15) is 41.8 Å². The van der Waals surface area contributed by atoms with Crippen molar-refractivity contribution in [2.75, 3.05) is 20.8 Å². The molecule has 0 aromatic heterocycles. The Morgan fingerprint density at radius 2 is 1.77 bits per heavy atom. The smallest absolute Gasteiger partial charge is 0.164 e. The van der Waals surface area contributed by atoms with E-state index < -0.39 is 6.10 Å². The lowest BCUT2D eigenvalue weighted by molar-refractivity contribution is 0.0967. The van der Waals surface area contributed by atoms with E-state index in [4.69, 9.17) is 9.47 Å². The minimum atomic E-state index is -0.641. The summed E-state index contributed by atoms with van der Waals surface area (Å²) >= 11 is 0. The molecule has 2 atom stereocenters. The molecule has 0 aliphatic heterocycles. The van der Waals surface area contributed by atoms with E-state index in [-0.39, 0.29) is 11.8 Å². The van der Waals surface area contributed by atoms with E-state index >= 15 is 0 Å². The summed E-state index contributed by atoms with van der Waals surface area (Å²) in [4.78, 5) is 12.3. The van der Waals surface area contributed by atoms with E-state index in [0.29, 0.717) is 24.3 Å². The number of methoxy groups -OCH3 is 2. The van der Waals surface area contributed by atoms with E-state index in [2.05, 4.69) is 5.32 Å². The first-order valence-electron chi connectivity index (χ1n) is 8.81. The van der Waals surface area contributed by atoms with Crippen LogP contribution < -0.4 is 14.8 Å².